The first kappa shape index (κ1) is 30.8. The Labute approximate surface area is 308 Å². The number of hydrogen-bond acceptors (Lipinski definition) is 2. The minimum atomic E-state index is -1.06. The van der Waals surface area contributed by atoms with E-state index in [0.717, 1.165) is 23.1 Å². The van der Waals surface area contributed by atoms with Crippen LogP contribution in [-0.2, 0) is 0 Å². The van der Waals surface area contributed by atoms with Crippen molar-refractivity contribution in [3.05, 3.63) is 175 Å². The molecule has 4 heteroatoms. The van der Waals surface area contributed by atoms with Crippen molar-refractivity contribution < 1.29 is 0 Å². The predicted molar refractivity (Wildman–Crippen MR) is 230 cm³/mol. The average Bonchev–Trinajstić information content (AvgIpc) is 3.70. The van der Waals surface area contributed by atoms with Gasteiger partial charge in [0.05, 0.1) is 8.80 Å². The van der Waals surface area contributed by atoms with E-state index in [-0.39, 0.29) is 0 Å². The van der Waals surface area contributed by atoms with Crippen LogP contribution >= 0.6 is 11.3 Å². The summed E-state index contributed by atoms with van der Waals surface area (Å²) in [6.07, 6.45) is 16.2. The third kappa shape index (κ3) is 5.16. The van der Waals surface area contributed by atoms with Gasteiger partial charge < -0.3 is 4.90 Å². The summed E-state index contributed by atoms with van der Waals surface area (Å²) in [6, 6.07) is 46.0. The van der Waals surface area contributed by atoms with Gasteiger partial charge in [0.2, 0.25) is 0 Å². The number of hydrogen-bond donors (Lipinski definition) is 0. The van der Waals surface area contributed by atoms with Gasteiger partial charge in [0, 0.05) is 53.4 Å². The van der Waals surface area contributed by atoms with Crippen molar-refractivity contribution in [2.24, 2.45) is 0 Å². The molecular weight excluding hydrogens is 667 g/mol. The topological polar surface area (TPSA) is 3.24 Å². The number of thiophene rings is 1. The van der Waals surface area contributed by atoms with Crippen LogP contribution in [0.25, 0.3) is 47.6 Å². The van der Waals surface area contributed by atoms with Gasteiger partial charge in [-0.05, 0) is 99.5 Å². The quantitative estimate of drug-likeness (QED) is 0.161. The highest BCUT2D eigenvalue weighted by molar-refractivity contribution is 7.26. The molecule has 0 bridgehead atoms. The second kappa shape index (κ2) is 12.3. The summed E-state index contributed by atoms with van der Waals surface area (Å²) in [5, 5.41) is 8.43. The lowest BCUT2D eigenvalue weighted by molar-refractivity contribution is 0.864. The molecule has 0 amide bonds. The lowest BCUT2D eigenvalue weighted by atomic mass is 9.91. The fourth-order valence-electron chi connectivity index (χ4n) is 8.97. The van der Waals surface area contributed by atoms with Gasteiger partial charge in [-0.2, -0.15) is 0 Å². The fourth-order valence-corrected chi connectivity index (χ4v) is 14.2. The van der Waals surface area contributed by atoms with E-state index in [1.807, 2.05) is 11.3 Å². The Balaban J connectivity index is 1.07. The summed E-state index contributed by atoms with van der Waals surface area (Å²) in [7, 11) is -0.0537. The van der Waals surface area contributed by atoms with Gasteiger partial charge in [-0.15, -0.1) is 11.3 Å². The minimum absolute atomic E-state index is 0.504. The smallest absolute Gasteiger partial charge is 0.0759 e. The molecule has 3 atom stereocenters. The fraction of sp³-hybridized carbons (Fsp3) is 0.106. The van der Waals surface area contributed by atoms with Crippen LogP contribution in [0.2, 0.25) is 12.1 Å². The summed E-state index contributed by atoms with van der Waals surface area (Å²) >= 11 is 1.94. The molecule has 0 radical (unpaired) electrons. The molecule has 3 unspecified atom stereocenters. The zero-order valence-electron chi connectivity index (χ0n) is 29.0. The highest BCUT2D eigenvalue weighted by atomic mass is 32.1. The van der Waals surface area contributed by atoms with Crippen LogP contribution in [0.15, 0.2) is 163 Å². The van der Waals surface area contributed by atoms with Gasteiger partial charge in [0.15, 0.2) is 0 Å². The van der Waals surface area contributed by atoms with E-state index in [0.29, 0.717) is 11.5 Å². The van der Waals surface area contributed by atoms with Crippen molar-refractivity contribution in [1.29, 1.82) is 0 Å². The highest BCUT2D eigenvalue weighted by Crippen LogP contribution is 2.45. The second-order valence-electron chi connectivity index (χ2n) is 14.5. The first-order chi connectivity index (χ1) is 25.1. The normalized spacial score (nSPS) is 19.4. The Morgan fingerprint density at radius 1 is 0.686 bits per heavy atom. The van der Waals surface area contributed by atoms with Crippen LogP contribution in [0.5, 0.6) is 0 Å². The van der Waals surface area contributed by atoms with E-state index >= 15 is 0 Å². The molecular formula is C47H39NSSi2. The molecule has 6 aromatic carbocycles. The first-order valence-electron chi connectivity index (χ1n) is 18.3. The maximum absolute atomic E-state index is 2.54. The molecule has 51 heavy (non-hydrogen) atoms. The van der Waals surface area contributed by atoms with Gasteiger partial charge in [-0.3, -0.25) is 0 Å². The van der Waals surface area contributed by atoms with Crippen molar-refractivity contribution >= 4 is 88.6 Å². The maximum atomic E-state index is 2.54. The van der Waals surface area contributed by atoms with Crippen molar-refractivity contribution in [1.82, 2.24) is 0 Å². The third-order valence-electron chi connectivity index (χ3n) is 11.6. The number of allylic oxidation sites excluding steroid dienone is 8. The van der Waals surface area contributed by atoms with E-state index in [4.69, 9.17) is 0 Å². The van der Waals surface area contributed by atoms with Gasteiger partial charge in [0.25, 0.3) is 0 Å². The summed E-state index contributed by atoms with van der Waals surface area (Å²) in [5.74, 6) is 0.504. The molecule has 0 saturated carbocycles. The molecule has 1 aromatic heterocycles. The minimum Gasteiger partial charge on any atom is -0.314 e. The Morgan fingerprint density at radius 3 is 2.33 bits per heavy atom. The Hall–Kier alpha value is -5.01. The maximum Gasteiger partial charge on any atom is 0.0759 e. The molecule has 3 aliphatic rings. The summed E-state index contributed by atoms with van der Waals surface area (Å²) in [6.45, 7) is 2.54. The Kier molecular flexibility index (Phi) is 7.45. The molecule has 246 valence electrons. The summed E-state index contributed by atoms with van der Waals surface area (Å²) in [4.78, 5) is 2.54. The van der Waals surface area contributed by atoms with Crippen molar-refractivity contribution in [3.8, 4) is 11.1 Å². The van der Waals surface area contributed by atoms with Crippen molar-refractivity contribution in [2.45, 2.75) is 30.8 Å². The molecule has 0 saturated heterocycles. The monoisotopic (exact) mass is 705 g/mol. The number of fused-ring (bicyclic) bond motifs is 7. The summed E-state index contributed by atoms with van der Waals surface area (Å²) in [5.41, 5.74) is 11.5. The van der Waals surface area contributed by atoms with E-state index in [1.54, 1.807) is 10.8 Å². The van der Waals surface area contributed by atoms with Crippen LogP contribution in [0.1, 0.15) is 29.9 Å². The van der Waals surface area contributed by atoms with E-state index in [9.17, 15) is 0 Å². The van der Waals surface area contributed by atoms with Crippen LogP contribution in [0.3, 0.4) is 0 Å². The standard InChI is InChI=1S/C47H39NSSi2/c1-51-44-13-7-5-11-39(44)41-29-37(24-27-45(41)51)48(35-20-16-31(17-21-35)34-15-14-30-8-2-3-9-33(30)28-34)36-22-18-32(19-23-36)46-43(50)26-25-40-38-10-4-6-12-42(38)49-47(40)46/h2-16,18-20,22-29,39,44,51H,17,21H2,1,50H3. The molecule has 2 heterocycles. The number of benzene rings is 6. The van der Waals surface area contributed by atoms with E-state index in [2.05, 4.69) is 169 Å². The van der Waals surface area contributed by atoms with Crippen LogP contribution in [-0.4, -0.2) is 19.0 Å². The zero-order valence-corrected chi connectivity index (χ0v) is 33.0. The number of nitrogens with zero attached hydrogens (tertiary/aromatic N) is 1. The molecule has 0 spiro atoms. The molecule has 10 rings (SSSR count). The summed E-state index contributed by atoms with van der Waals surface area (Å²) < 4.78 is 2.78. The van der Waals surface area contributed by atoms with Crippen LogP contribution < -0.4 is 15.3 Å². The Morgan fingerprint density at radius 2 is 1.47 bits per heavy atom. The van der Waals surface area contributed by atoms with Gasteiger partial charge in [-0.25, -0.2) is 0 Å². The zero-order chi connectivity index (χ0) is 34.1. The van der Waals surface area contributed by atoms with Gasteiger partial charge in [-0.1, -0.05) is 132 Å². The molecule has 2 aliphatic carbocycles. The van der Waals surface area contributed by atoms with Crippen molar-refractivity contribution in [2.75, 3.05) is 4.90 Å². The van der Waals surface area contributed by atoms with Crippen LogP contribution in [0.4, 0.5) is 11.4 Å². The van der Waals surface area contributed by atoms with Crippen molar-refractivity contribution in [3.63, 3.8) is 0 Å². The average molecular weight is 706 g/mol. The Bertz CT molecular complexity index is 2640. The van der Waals surface area contributed by atoms with E-state index in [1.165, 1.54) is 75.5 Å². The van der Waals surface area contributed by atoms with E-state index < -0.39 is 8.80 Å². The van der Waals surface area contributed by atoms with Gasteiger partial charge >= 0.3 is 0 Å². The number of rotatable bonds is 5. The third-order valence-corrected chi connectivity index (χ3v) is 17.0. The molecule has 7 aromatic rings. The molecule has 0 N–H and O–H groups in total. The van der Waals surface area contributed by atoms with Crippen LogP contribution in [0, 0.1) is 0 Å². The predicted octanol–water partition coefficient (Wildman–Crippen LogP) is 10.4. The number of anilines is 2. The molecule has 1 nitrogen and oxygen atoms in total. The lowest BCUT2D eigenvalue weighted by Crippen LogP contribution is -2.26. The molecule has 0 fully saturated rings. The highest BCUT2D eigenvalue weighted by Gasteiger charge is 2.37. The lowest BCUT2D eigenvalue weighted by Gasteiger charge is -2.31. The first-order valence-corrected chi connectivity index (χ1v) is 22.5. The second-order valence-corrected chi connectivity index (χ2v) is 19.6. The SMILES string of the molecule is C[SiH]1c2ccc(N(C3=CC=C(c4ccc5ccccc5c4)CC3)c3ccc(-c4c([SiH3])ccc5c4sc4ccccc45)cc3)cc2C2C=CC=CC21. The molecule has 1 aliphatic heterocycles. The van der Waals surface area contributed by atoms with Gasteiger partial charge in [0.1, 0.15) is 0 Å². The largest absolute Gasteiger partial charge is 0.314 e.